The van der Waals surface area contributed by atoms with Gasteiger partial charge in [0.2, 0.25) is 0 Å². The Morgan fingerprint density at radius 2 is 1.59 bits per heavy atom. The highest BCUT2D eigenvalue weighted by atomic mass is 15.1. The number of fused-ring (bicyclic) bond motifs is 1. The van der Waals surface area contributed by atoms with Crippen LogP contribution >= 0.6 is 0 Å². The second-order valence-corrected chi connectivity index (χ2v) is 6.00. The van der Waals surface area contributed by atoms with Gasteiger partial charge in [0.1, 0.15) is 0 Å². The summed E-state index contributed by atoms with van der Waals surface area (Å²) in [5.41, 5.74) is 1.38. The summed E-state index contributed by atoms with van der Waals surface area (Å²) in [4.78, 5) is 0. The molecular formula is C15H24N2. The third-order valence-electron chi connectivity index (χ3n) is 4.98. The first-order chi connectivity index (χ1) is 8.33. The molecule has 3 aliphatic rings. The van der Waals surface area contributed by atoms with Crippen molar-refractivity contribution in [1.82, 2.24) is 10.6 Å². The summed E-state index contributed by atoms with van der Waals surface area (Å²) in [5, 5.41) is 6.57. The fourth-order valence-electron chi connectivity index (χ4n) is 3.96. The number of hydrogen-bond acceptors (Lipinski definition) is 2. The smallest absolute Gasteiger partial charge is 0.0995 e. The largest absolute Gasteiger partial charge is 0.347 e. The van der Waals surface area contributed by atoms with Crippen LogP contribution in [0.4, 0.5) is 0 Å². The first-order valence-corrected chi connectivity index (χ1v) is 7.25. The van der Waals surface area contributed by atoms with Gasteiger partial charge >= 0.3 is 0 Å². The van der Waals surface area contributed by atoms with Gasteiger partial charge in [-0.15, -0.1) is 0 Å². The summed E-state index contributed by atoms with van der Waals surface area (Å²) in [6, 6.07) is 0. The van der Waals surface area contributed by atoms with Crippen molar-refractivity contribution in [2.75, 3.05) is 0 Å². The fraction of sp³-hybridized carbons (Fsp3) is 0.733. The zero-order chi connectivity index (χ0) is 11.7. The van der Waals surface area contributed by atoms with Crippen molar-refractivity contribution in [1.29, 1.82) is 0 Å². The molecule has 0 aromatic heterocycles. The summed E-state index contributed by atoms with van der Waals surface area (Å²) in [6.45, 7) is 3.92. The minimum Gasteiger partial charge on any atom is -0.347 e. The average molecular weight is 232 g/mol. The van der Waals surface area contributed by atoms with Crippen molar-refractivity contribution >= 4 is 0 Å². The predicted octanol–water partition coefficient (Wildman–Crippen LogP) is 3.49. The summed E-state index contributed by atoms with van der Waals surface area (Å²) in [7, 11) is 0. The van der Waals surface area contributed by atoms with E-state index in [2.05, 4.69) is 23.4 Å². The van der Waals surface area contributed by atoms with E-state index in [9.17, 15) is 0 Å². The van der Waals surface area contributed by atoms with E-state index in [1.165, 1.54) is 57.1 Å². The number of nitrogens with one attached hydrogen (secondary N) is 2. The van der Waals surface area contributed by atoms with Gasteiger partial charge in [0.15, 0.2) is 0 Å². The Balaban J connectivity index is 1.63. The van der Waals surface area contributed by atoms with Gasteiger partial charge in [-0.25, -0.2) is 0 Å². The van der Waals surface area contributed by atoms with Crippen molar-refractivity contribution in [3.05, 3.63) is 24.3 Å². The molecule has 0 amide bonds. The Morgan fingerprint density at radius 1 is 0.941 bits per heavy atom. The monoisotopic (exact) mass is 232 g/mol. The molecular weight excluding hydrogens is 208 g/mol. The zero-order valence-electron chi connectivity index (χ0n) is 10.7. The highest BCUT2D eigenvalue weighted by molar-refractivity contribution is 5.19. The van der Waals surface area contributed by atoms with Crippen LogP contribution in [-0.2, 0) is 0 Å². The number of rotatable bonds is 1. The Bertz CT molecular complexity index is 316. The van der Waals surface area contributed by atoms with Gasteiger partial charge in [0.05, 0.1) is 5.82 Å². The van der Waals surface area contributed by atoms with E-state index in [1.54, 1.807) is 0 Å². The van der Waals surface area contributed by atoms with Gasteiger partial charge < -0.3 is 10.6 Å². The topological polar surface area (TPSA) is 24.1 Å². The Morgan fingerprint density at radius 3 is 2.12 bits per heavy atom. The zero-order valence-corrected chi connectivity index (χ0v) is 10.7. The van der Waals surface area contributed by atoms with Crippen LogP contribution < -0.4 is 10.6 Å². The normalized spacial score (nSPS) is 37.5. The van der Waals surface area contributed by atoms with Crippen LogP contribution in [0.1, 0.15) is 51.4 Å². The second-order valence-electron chi connectivity index (χ2n) is 6.00. The van der Waals surface area contributed by atoms with Crippen LogP contribution in [-0.4, -0.2) is 0 Å². The fourth-order valence-corrected chi connectivity index (χ4v) is 3.96. The molecule has 2 heteroatoms. The number of hydrogen-bond donors (Lipinski definition) is 2. The third kappa shape index (κ3) is 2.36. The van der Waals surface area contributed by atoms with Crippen LogP contribution in [0.3, 0.4) is 0 Å². The molecule has 94 valence electrons. The van der Waals surface area contributed by atoms with E-state index >= 15 is 0 Å². The summed E-state index contributed by atoms with van der Waals surface area (Å²) in [5.74, 6) is 3.76. The molecule has 0 radical (unpaired) electrons. The van der Waals surface area contributed by atoms with E-state index in [1.807, 2.05) is 0 Å². The maximum Gasteiger partial charge on any atom is 0.0995 e. The van der Waals surface area contributed by atoms with Crippen molar-refractivity contribution in [3.8, 4) is 0 Å². The lowest BCUT2D eigenvalue weighted by atomic mass is 9.77. The molecule has 2 saturated carbocycles. The van der Waals surface area contributed by atoms with Crippen LogP contribution in [0.15, 0.2) is 24.3 Å². The minimum absolute atomic E-state index is 0.743. The molecule has 1 heterocycles. The molecule has 3 rings (SSSR count). The first kappa shape index (κ1) is 11.2. The molecule has 0 spiro atoms. The van der Waals surface area contributed by atoms with E-state index in [0.29, 0.717) is 0 Å². The van der Waals surface area contributed by atoms with Gasteiger partial charge in [-0.3, -0.25) is 0 Å². The highest BCUT2D eigenvalue weighted by Crippen LogP contribution is 2.42. The Kier molecular flexibility index (Phi) is 3.13. The molecule has 0 bridgehead atoms. The Hall–Kier alpha value is -0.920. The third-order valence-corrected chi connectivity index (χ3v) is 4.98. The molecule has 2 fully saturated rings. The standard InChI is InChI=1S/C15H24N2/c1-11-16-10-15(17-11)14-8-6-12-4-2-3-5-13(12)7-9-14/h10,12-14,16-17H,1-9H2. The van der Waals surface area contributed by atoms with Crippen molar-refractivity contribution in [2.45, 2.75) is 51.4 Å². The van der Waals surface area contributed by atoms with Crippen molar-refractivity contribution in [2.24, 2.45) is 17.8 Å². The molecule has 2 atom stereocenters. The van der Waals surface area contributed by atoms with Gasteiger partial charge in [-0.1, -0.05) is 32.3 Å². The average Bonchev–Trinajstić information content (AvgIpc) is 2.66. The van der Waals surface area contributed by atoms with E-state index < -0.39 is 0 Å². The van der Waals surface area contributed by atoms with Crippen LogP contribution in [0, 0.1) is 17.8 Å². The number of allylic oxidation sites excluding steroid dienone is 1. The molecule has 17 heavy (non-hydrogen) atoms. The summed E-state index contributed by atoms with van der Waals surface area (Å²) >= 11 is 0. The summed E-state index contributed by atoms with van der Waals surface area (Å²) in [6.07, 6.45) is 13.7. The lowest BCUT2D eigenvalue weighted by Gasteiger charge is -2.29. The van der Waals surface area contributed by atoms with Gasteiger partial charge in [0.25, 0.3) is 0 Å². The van der Waals surface area contributed by atoms with Crippen LogP contribution in [0.25, 0.3) is 0 Å². The van der Waals surface area contributed by atoms with E-state index in [0.717, 1.165) is 23.6 Å². The highest BCUT2D eigenvalue weighted by Gasteiger charge is 2.31. The van der Waals surface area contributed by atoms with Gasteiger partial charge in [-0.05, 0) is 37.5 Å². The lowest BCUT2D eigenvalue weighted by molar-refractivity contribution is 0.224. The maximum absolute atomic E-state index is 3.92. The van der Waals surface area contributed by atoms with E-state index in [-0.39, 0.29) is 0 Å². The van der Waals surface area contributed by atoms with Crippen molar-refractivity contribution < 1.29 is 0 Å². The first-order valence-electron chi connectivity index (χ1n) is 7.25. The summed E-state index contributed by atoms with van der Waals surface area (Å²) < 4.78 is 0. The quantitative estimate of drug-likeness (QED) is 0.723. The SMILES string of the molecule is C=C1NC=C(C2CCC3CCCCC3CC2)N1. The maximum atomic E-state index is 3.92. The molecule has 2 N–H and O–H groups in total. The molecule has 1 aliphatic heterocycles. The molecule has 0 aromatic rings. The molecule has 2 nitrogen and oxygen atoms in total. The van der Waals surface area contributed by atoms with Crippen LogP contribution in [0.5, 0.6) is 0 Å². The van der Waals surface area contributed by atoms with Gasteiger partial charge in [-0.2, -0.15) is 0 Å². The van der Waals surface area contributed by atoms with E-state index in [4.69, 9.17) is 0 Å². The molecule has 2 unspecified atom stereocenters. The molecule has 0 aromatic carbocycles. The van der Waals surface area contributed by atoms with Crippen LogP contribution in [0.2, 0.25) is 0 Å². The molecule has 0 saturated heterocycles. The Labute approximate surface area is 105 Å². The lowest BCUT2D eigenvalue weighted by Crippen LogP contribution is -2.17. The van der Waals surface area contributed by atoms with Gasteiger partial charge in [0, 0.05) is 17.8 Å². The van der Waals surface area contributed by atoms with Crippen molar-refractivity contribution in [3.63, 3.8) is 0 Å². The predicted molar refractivity (Wildman–Crippen MR) is 70.9 cm³/mol. The second kappa shape index (κ2) is 4.75. The molecule has 2 aliphatic carbocycles. The minimum atomic E-state index is 0.743.